The zero-order valence-corrected chi connectivity index (χ0v) is 11.9. The quantitative estimate of drug-likeness (QED) is 0.739. The fraction of sp³-hybridized carbons (Fsp3) is 0.188. The number of nitrogens with one attached hydrogen (secondary N) is 1. The van der Waals surface area contributed by atoms with Crippen molar-refractivity contribution in [1.82, 2.24) is 4.98 Å². The summed E-state index contributed by atoms with van der Waals surface area (Å²) in [5.74, 6) is 0. The molecular weight excluding hydrogens is 252 g/mol. The second-order valence-corrected chi connectivity index (χ2v) is 6.04. The highest BCUT2D eigenvalue weighted by Crippen LogP contribution is 2.29. The molecule has 0 radical (unpaired) electrons. The van der Waals surface area contributed by atoms with Gasteiger partial charge in [0.05, 0.1) is 6.04 Å². The van der Waals surface area contributed by atoms with Crippen LogP contribution in [-0.4, -0.2) is 4.98 Å². The highest BCUT2D eigenvalue weighted by atomic mass is 32.1. The van der Waals surface area contributed by atoms with Crippen molar-refractivity contribution in [3.63, 3.8) is 0 Å². The topological polar surface area (TPSA) is 24.9 Å². The lowest BCUT2D eigenvalue weighted by atomic mass is 10.1. The average molecular weight is 268 g/mol. The van der Waals surface area contributed by atoms with Gasteiger partial charge in [-0.2, -0.15) is 0 Å². The van der Waals surface area contributed by atoms with E-state index in [1.165, 1.54) is 20.5 Å². The first-order valence-corrected chi connectivity index (χ1v) is 7.21. The summed E-state index contributed by atoms with van der Waals surface area (Å²) in [4.78, 5) is 6.93. The molecule has 0 spiro atoms. The minimum atomic E-state index is 0.310. The van der Waals surface area contributed by atoms with Gasteiger partial charge in [0.15, 0.2) is 0 Å². The summed E-state index contributed by atoms with van der Waals surface area (Å²) in [5, 5.41) is 5.97. The second kappa shape index (κ2) is 5.02. The maximum Gasteiger partial charge on any atom is 0.0578 e. The molecule has 96 valence electrons. The van der Waals surface area contributed by atoms with Crippen LogP contribution in [0.25, 0.3) is 10.8 Å². The highest BCUT2D eigenvalue weighted by Gasteiger charge is 2.09. The molecule has 1 unspecified atom stereocenters. The van der Waals surface area contributed by atoms with Crippen LogP contribution in [0.5, 0.6) is 0 Å². The molecule has 0 fully saturated rings. The monoisotopic (exact) mass is 268 g/mol. The van der Waals surface area contributed by atoms with Gasteiger partial charge in [-0.25, -0.2) is 0 Å². The lowest BCUT2D eigenvalue weighted by Gasteiger charge is -2.15. The molecule has 0 aliphatic heterocycles. The molecule has 3 aromatic rings. The first kappa shape index (κ1) is 12.2. The Morgan fingerprint density at radius 2 is 2.05 bits per heavy atom. The number of hydrogen-bond acceptors (Lipinski definition) is 3. The van der Waals surface area contributed by atoms with Crippen molar-refractivity contribution >= 4 is 27.8 Å². The molecule has 0 aliphatic carbocycles. The minimum absolute atomic E-state index is 0.310. The maximum absolute atomic E-state index is 4.22. The van der Waals surface area contributed by atoms with E-state index in [2.05, 4.69) is 54.5 Å². The van der Waals surface area contributed by atoms with Crippen LogP contribution in [0.2, 0.25) is 0 Å². The van der Waals surface area contributed by atoms with Crippen LogP contribution in [0, 0.1) is 6.92 Å². The number of benzene rings is 1. The molecule has 2 nitrogen and oxygen atoms in total. The number of aryl methyl sites for hydroxylation is 1. The Kier molecular flexibility index (Phi) is 3.22. The minimum Gasteiger partial charge on any atom is -0.377 e. The van der Waals surface area contributed by atoms with Gasteiger partial charge in [0.2, 0.25) is 0 Å². The average Bonchev–Trinajstić information content (AvgIpc) is 2.86. The number of pyridine rings is 1. The first-order chi connectivity index (χ1) is 9.24. The van der Waals surface area contributed by atoms with E-state index in [1.807, 2.05) is 29.8 Å². The second-order valence-electron chi connectivity index (χ2n) is 4.72. The zero-order chi connectivity index (χ0) is 13.2. The van der Waals surface area contributed by atoms with Crippen LogP contribution in [0.1, 0.15) is 22.7 Å². The zero-order valence-electron chi connectivity index (χ0n) is 11.1. The van der Waals surface area contributed by atoms with Gasteiger partial charge in [-0.15, -0.1) is 11.3 Å². The lowest BCUT2D eigenvalue weighted by Crippen LogP contribution is -2.05. The van der Waals surface area contributed by atoms with Crippen molar-refractivity contribution in [2.45, 2.75) is 19.9 Å². The van der Waals surface area contributed by atoms with Crippen molar-refractivity contribution in [2.75, 3.05) is 5.32 Å². The van der Waals surface area contributed by atoms with Crippen molar-refractivity contribution in [1.29, 1.82) is 0 Å². The summed E-state index contributed by atoms with van der Waals surface area (Å²) >= 11 is 1.84. The molecule has 1 atom stereocenters. The summed E-state index contributed by atoms with van der Waals surface area (Å²) in [7, 11) is 0. The summed E-state index contributed by atoms with van der Waals surface area (Å²) in [6.07, 6.45) is 3.75. The van der Waals surface area contributed by atoms with Gasteiger partial charge in [-0.1, -0.05) is 12.1 Å². The molecule has 2 heterocycles. The van der Waals surface area contributed by atoms with Crippen LogP contribution in [0.3, 0.4) is 0 Å². The number of fused-ring (bicyclic) bond motifs is 1. The van der Waals surface area contributed by atoms with Gasteiger partial charge in [-0.05, 0) is 43.5 Å². The van der Waals surface area contributed by atoms with Gasteiger partial charge in [0.25, 0.3) is 0 Å². The third-order valence-electron chi connectivity index (χ3n) is 3.24. The number of hydrogen-bond donors (Lipinski definition) is 1. The van der Waals surface area contributed by atoms with Crippen molar-refractivity contribution < 1.29 is 0 Å². The molecule has 2 aromatic heterocycles. The van der Waals surface area contributed by atoms with E-state index in [0.717, 1.165) is 5.69 Å². The number of anilines is 1. The van der Waals surface area contributed by atoms with E-state index in [4.69, 9.17) is 0 Å². The molecule has 3 rings (SSSR count). The summed E-state index contributed by atoms with van der Waals surface area (Å²) < 4.78 is 0. The molecule has 1 aromatic carbocycles. The van der Waals surface area contributed by atoms with Crippen molar-refractivity contribution in [3.05, 3.63) is 58.5 Å². The smallest absolute Gasteiger partial charge is 0.0578 e. The van der Waals surface area contributed by atoms with Gasteiger partial charge in [-0.3, -0.25) is 4.98 Å². The van der Waals surface area contributed by atoms with Gasteiger partial charge in [0, 0.05) is 33.2 Å². The number of rotatable bonds is 3. The third kappa shape index (κ3) is 2.47. The molecule has 0 aliphatic rings. The Balaban J connectivity index is 1.93. The normalized spacial score (nSPS) is 12.5. The molecule has 0 bridgehead atoms. The Labute approximate surface area is 117 Å². The fourth-order valence-electron chi connectivity index (χ4n) is 2.23. The lowest BCUT2D eigenvalue weighted by molar-refractivity contribution is 0.910. The van der Waals surface area contributed by atoms with Crippen LogP contribution >= 0.6 is 11.3 Å². The molecule has 3 heteroatoms. The Morgan fingerprint density at radius 3 is 2.84 bits per heavy atom. The Hall–Kier alpha value is -1.87. The molecule has 0 saturated heterocycles. The Bertz CT molecular complexity index is 697. The van der Waals surface area contributed by atoms with E-state index in [1.54, 1.807) is 0 Å². The fourth-order valence-corrected chi connectivity index (χ4v) is 3.11. The molecule has 0 saturated carbocycles. The molecule has 0 amide bonds. The van der Waals surface area contributed by atoms with Crippen LogP contribution in [0.15, 0.2) is 48.8 Å². The standard InChI is InChI=1S/C16H16N2S/c1-11-6-7-16(19-11)12(2)18-15-5-3-4-13-8-9-17-10-14(13)15/h3-10,12,18H,1-2H3. The number of thiophene rings is 1. The molecule has 1 N–H and O–H groups in total. The number of aromatic nitrogens is 1. The van der Waals surface area contributed by atoms with Gasteiger partial charge >= 0.3 is 0 Å². The summed E-state index contributed by atoms with van der Waals surface area (Å²) in [6.45, 7) is 4.34. The highest BCUT2D eigenvalue weighted by molar-refractivity contribution is 7.12. The molecule has 19 heavy (non-hydrogen) atoms. The maximum atomic E-state index is 4.22. The predicted molar refractivity (Wildman–Crippen MR) is 82.8 cm³/mol. The van der Waals surface area contributed by atoms with Crippen LogP contribution in [0.4, 0.5) is 5.69 Å². The van der Waals surface area contributed by atoms with Crippen molar-refractivity contribution in [2.24, 2.45) is 0 Å². The summed E-state index contributed by atoms with van der Waals surface area (Å²) in [6, 6.07) is 13.0. The Morgan fingerprint density at radius 1 is 1.16 bits per heavy atom. The largest absolute Gasteiger partial charge is 0.377 e. The van der Waals surface area contributed by atoms with Crippen LogP contribution < -0.4 is 5.32 Å². The SMILES string of the molecule is Cc1ccc(C(C)Nc2cccc3ccncc23)s1. The van der Waals surface area contributed by atoms with E-state index < -0.39 is 0 Å². The predicted octanol–water partition coefficient (Wildman–Crippen LogP) is 4.78. The van der Waals surface area contributed by atoms with Crippen molar-refractivity contribution in [3.8, 4) is 0 Å². The van der Waals surface area contributed by atoms with Crippen LogP contribution in [-0.2, 0) is 0 Å². The van der Waals surface area contributed by atoms with E-state index in [9.17, 15) is 0 Å². The van der Waals surface area contributed by atoms with E-state index in [-0.39, 0.29) is 0 Å². The third-order valence-corrected chi connectivity index (χ3v) is 4.43. The number of nitrogens with zero attached hydrogens (tertiary/aromatic N) is 1. The molecular formula is C16H16N2S. The van der Waals surface area contributed by atoms with Gasteiger partial charge < -0.3 is 5.32 Å². The van der Waals surface area contributed by atoms with Gasteiger partial charge in [0.1, 0.15) is 0 Å². The van der Waals surface area contributed by atoms with E-state index in [0.29, 0.717) is 6.04 Å². The first-order valence-electron chi connectivity index (χ1n) is 6.39. The summed E-state index contributed by atoms with van der Waals surface area (Å²) in [5.41, 5.74) is 1.14. The van der Waals surface area contributed by atoms with E-state index >= 15 is 0 Å².